The molecule has 1 aromatic rings. The molecule has 96 valence electrons. The molecule has 0 radical (unpaired) electrons. The van der Waals surface area contributed by atoms with Gasteiger partial charge in [-0.2, -0.15) is 0 Å². The Morgan fingerprint density at radius 2 is 2.00 bits per heavy atom. The fourth-order valence-electron chi connectivity index (χ4n) is 1.69. The highest BCUT2D eigenvalue weighted by Gasteiger charge is 2.09. The summed E-state index contributed by atoms with van der Waals surface area (Å²) in [6, 6.07) is 6.84. The zero-order chi connectivity index (χ0) is 12.5. The van der Waals surface area contributed by atoms with Crippen LogP contribution in [0.4, 0.5) is 4.39 Å². The molecule has 0 saturated carbocycles. The summed E-state index contributed by atoms with van der Waals surface area (Å²) in [4.78, 5) is 0. The Morgan fingerprint density at radius 1 is 1.24 bits per heavy atom. The first-order chi connectivity index (χ1) is 8.27. The molecule has 0 amide bonds. The summed E-state index contributed by atoms with van der Waals surface area (Å²) in [6.07, 6.45) is 3.25. The largest absolute Gasteiger partial charge is 0.489 e. The van der Waals surface area contributed by atoms with Crippen molar-refractivity contribution in [2.24, 2.45) is 0 Å². The van der Waals surface area contributed by atoms with Crippen molar-refractivity contribution in [3.05, 3.63) is 30.1 Å². The number of benzene rings is 1. The van der Waals surface area contributed by atoms with Crippen LogP contribution in [0.2, 0.25) is 0 Å². The fraction of sp³-hybridized carbons (Fsp3) is 0.571. The smallest absolute Gasteiger partial charge is 0.165 e. The third-order valence-corrected chi connectivity index (χ3v) is 2.60. The molecule has 0 aliphatic heterocycles. The lowest BCUT2D eigenvalue weighted by molar-refractivity contribution is 0.246. The van der Waals surface area contributed by atoms with E-state index in [9.17, 15) is 4.39 Å². The maximum Gasteiger partial charge on any atom is 0.165 e. The molecule has 0 fully saturated rings. The number of halogens is 1. The van der Waals surface area contributed by atoms with Crippen molar-refractivity contribution in [2.75, 3.05) is 13.2 Å². The van der Waals surface area contributed by atoms with E-state index in [1.807, 2.05) is 0 Å². The molecule has 0 bridgehead atoms. The Balaban J connectivity index is 2.42. The van der Waals surface area contributed by atoms with Crippen molar-refractivity contribution in [1.29, 1.82) is 0 Å². The van der Waals surface area contributed by atoms with Gasteiger partial charge in [-0.1, -0.05) is 32.4 Å². The average Bonchev–Trinajstić information content (AvgIpc) is 2.34. The van der Waals surface area contributed by atoms with Gasteiger partial charge < -0.3 is 10.1 Å². The van der Waals surface area contributed by atoms with Gasteiger partial charge in [-0.15, -0.1) is 0 Å². The van der Waals surface area contributed by atoms with Gasteiger partial charge in [0.25, 0.3) is 0 Å². The fourth-order valence-corrected chi connectivity index (χ4v) is 1.69. The minimum atomic E-state index is -0.293. The molecule has 1 atom stereocenters. The van der Waals surface area contributed by atoms with Crippen LogP contribution >= 0.6 is 0 Å². The quantitative estimate of drug-likeness (QED) is 0.751. The molecule has 0 heterocycles. The van der Waals surface area contributed by atoms with Crippen LogP contribution in [0.15, 0.2) is 24.3 Å². The number of nitrogens with one attached hydrogen (secondary N) is 1. The molecule has 0 spiro atoms. The van der Waals surface area contributed by atoms with Crippen LogP contribution in [0.25, 0.3) is 0 Å². The van der Waals surface area contributed by atoms with Crippen molar-refractivity contribution in [1.82, 2.24) is 5.32 Å². The molecule has 0 aliphatic carbocycles. The van der Waals surface area contributed by atoms with Crippen molar-refractivity contribution < 1.29 is 9.13 Å². The first kappa shape index (κ1) is 14.0. The van der Waals surface area contributed by atoms with E-state index in [0.717, 1.165) is 25.8 Å². The second-order valence-corrected chi connectivity index (χ2v) is 4.18. The molecule has 2 nitrogen and oxygen atoms in total. The number of para-hydroxylation sites is 1. The van der Waals surface area contributed by atoms with E-state index >= 15 is 0 Å². The van der Waals surface area contributed by atoms with Gasteiger partial charge in [0.15, 0.2) is 11.6 Å². The van der Waals surface area contributed by atoms with Crippen LogP contribution in [0, 0.1) is 5.82 Å². The van der Waals surface area contributed by atoms with Crippen LogP contribution in [0.3, 0.4) is 0 Å². The third-order valence-electron chi connectivity index (χ3n) is 2.60. The second-order valence-electron chi connectivity index (χ2n) is 4.18. The van der Waals surface area contributed by atoms with Gasteiger partial charge in [-0.05, 0) is 31.5 Å². The van der Waals surface area contributed by atoms with Crippen LogP contribution in [-0.4, -0.2) is 19.2 Å². The Hall–Kier alpha value is -1.09. The Morgan fingerprint density at radius 3 is 2.65 bits per heavy atom. The van der Waals surface area contributed by atoms with E-state index in [1.165, 1.54) is 6.07 Å². The molecule has 1 unspecified atom stereocenters. The summed E-state index contributed by atoms with van der Waals surface area (Å²) >= 11 is 0. The molecule has 0 aliphatic rings. The van der Waals surface area contributed by atoms with E-state index in [2.05, 4.69) is 19.2 Å². The van der Waals surface area contributed by atoms with Crippen molar-refractivity contribution >= 4 is 0 Å². The van der Waals surface area contributed by atoms with Gasteiger partial charge in [-0.25, -0.2) is 4.39 Å². The van der Waals surface area contributed by atoms with Gasteiger partial charge in [0.2, 0.25) is 0 Å². The minimum absolute atomic E-state index is 0.293. The summed E-state index contributed by atoms with van der Waals surface area (Å²) in [5.74, 6) is 0.0464. The van der Waals surface area contributed by atoms with Crippen molar-refractivity contribution in [2.45, 2.75) is 39.2 Å². The predicted molar refractivity (Wildman–Crippen MR) is 68.9 cm³/mol. The molecule has 1 aromatic carbocycles. The molecule has 0 aromatic heterocycles. The summed E-state index contributed by atoms with van der Waals surface area (Å²) in [5.41, 5.74) is 0. The van der Waals surface area contributed by atoms with Crippen LogP contribution in [0.1, 0.15) is 33.1 Å². The lowest BCUT2D eigenvalue weighted by Crippen LogP contribution is -2.35. The molecule has 3 heteroatoms. The van der Waals surface area contributed by atoms with E-state index in [-0.39, 0.29) is 5.82 Å². The summed E-state index contributed by atoms with van der Waals surface area (Å²) in [7, 11) is 0. The monoisotopic (exact) mass is 239 g/mol. The number of hydrogen-bond donors (Lipinski definition) is 1. The van der Waals surface area contributed by atoms with E-state index in [4.69, 9.17) is 4.74 Å². The van der Waals surface area contributed by atoms with Crippen molar-refractivity contribution in [3.63, 3.8) is 0 Å². The SMILES string of the molecule is CCCNC(CCC)COc1ccccc1F. The summed E-state index contributed by atoms with van der Waals surface area (Å²) in [5, 5.41) is 3.41. The standard InChI is InChI=1S/C14H22FNO/c1-3-7-12(16-10-4-2)11-17-14-9-6-5-8-13(14)15/h5-6,8-9,12,16H,3-4,7,10-11H2,1-2H3. The zero-order valence-corrected chi connectivity index (χ0v) is 10.7. The highest BCUT2D eigenvalue weighted by molar-refractivity contribution is 5.23. The number of rotatable bonds is 8. The Bertz CT molecular complexity index is 317. The molecular weight excluding hydrogens is 217 g/mol. The number of ether oxygens (including phenoxy) is 1. The summed E-state index contributed by atoms with van der Waals surface area (Å²) in [6.45, 7) is 5.78. The van der Waals surface area contributed by atoms with Crippen LogP contribution < -0.4 is 10.1 Å². The van der Waals surface area contributed by atoms with Gasteiger partial charge in [-0.3, -0.25) is 0 Å². The average molecular weight is 239 g/mol. The van der Waals surface area contributed by atoms with E-state index in [0.29, 0.717) is 18.4 Å². The van der Waals surface area contributed by atoms with Crippen molar-refractivity contribution in [3.8, 4) is 5.75 Å². The Kier molecular flexibility index (Phi) is 6.63. The van der Waals surface area contributed by atoms with E-state index < -0.39 is 0 Å². The lowest BCUT2D eigenvalue weighted by Gasteiger charge is -2.18. The second kappa shape index (κ2) is 8.07. The predicted octanol–water partition coefficient (Wildman–Crippen LogP) is 3.37. The first-order valence-electron chi connectivity index (χ1n) is 6.38. The highest BCUT2D eigenvalue weighted by atomic mass is 19.1. The maximum absolute atomic E-state index is 13.3. The molecule has 1 N–H and O–H groups in total. The minimum Gasteiger partial charge on any atom is -0.489 e. The number of hydrogen-bond acceptors (Lipinski definition) is 2. The molecule has 1 rings (SSSR count). The summed E-state index contributed by atoms with van der Waals surface area (Å²) < 4.78 is 18.8. The topological polar surface area (TPSA) is 21.3 Å². The van der Waals surface area contributed by atoms with Gasteiger partial charge in [0, 0.05) is 6.04 Å². The molecule has 0 saturated heterocycles. The zero-order valence-electron chi connectivity index (χ0n) is 10.7. The maximum atomic E-state index is 13.3. The van der Waals surface area contributed by atoms with E-state index in [1.54, 1.807) is 18.2 Å². The highest BCUT2D eigenvalue weighted by Crippen LogP contribution is 2.15. The molecule has 17 heavy (non-hydrogen) atoms. The first-order valence-corrected chi connectivity index (χ1v) is 6.38. The van der Waals surface area contributed by atoms with Crippen LogP contribution in [0.5, 0.6) is 5.75 Å². The Labute approximate surface area is 103 Å². The normalized spacial score (nSPS) is 12.4. The van der Waals surface area contributed by atoms with Gasteiger partial charge in [0.1, 0.15) is 6.61 Å². The van der Waals surface area contributed by atoms with Crippen LogP contribution in [-0.2, 0) is 0 Å². The molecular formula is C14H22FNO. The van der Waals surface area contributed by atoms with Gasteiger partial charge >= 0.3 is 0 Å². The third kappa shape index (κ3) is 5.18. The van der Waals surface area contributed by atoms with Gasteiger partial charge in [0.05, 0.1) is 0 Å². The lowest BCUT2D eigenvalue weighted by atomic mass is 10.2.